The fourth-order valence-electron chi connectivity index (χ4n) is 3.72. The van der Waals surface area contributed by atoms with E-state index in [4.69, 9.17) is 4.74 Å². The van der Waals surface area contributed by atoms with Crippen molar-refractivity contribution in [1.82, 2.24) is 10.9 Å². The average molecular weight is 458 g/mol. The van der Waals surface area contributed by atoms with E-state index in [1.165, 1.54) is 18.3 Å². The summed E-state index contributed by atoms with van der Waals surface area (Å²) in [4.78, 5) is 38.2. The van der Waals surface area contributed by atoms with Crippen LogP contribution < -0.4 is 20.9 Å². The fraction of sp³-hybridized carbons (Fsp3) is 0.458. The van der Waals surface area contributed by atoms with E-state index in [9.17, 15) is 14.4 Å². The SMILES string of the molecule is CCCCCOc1cccc(C(=O)Nc2sc3c(c2C(=O)NNC(C)=O)CCCCC3)c1. The van der Waals surface area contributed by atoms with E-state index in [1.807, 2.05) is 6.07 Å². The van der Waals surface area contributed by atoms with Crippen LogP contribution in [0, 0.1) is 0 Å². The molecule has 1 aliphatic carbocycles. The van der Waals surface area contributed by atoms with Gasteiger partial charge in [-0.3, -0.25) is 25.2 Å². The van der Waals surface area contributed by atoms with Crippen LogP contribution in [-0.2, 0) is 17.6 Å². The maximum atomic E-state index is 13.0. The molecular weight excluding hydrogens is 426 g/mol. The summed E-state index contributed by atoms with van der Waals surface area (Å²) >= 11 is 1.45. The van der Waals surface area contributed by atoms with Crippen molar-refractivity contribution in [3.8, 4) is 5.75 Å². The predicted molar refractivity (Wildman–Crippen MR) is 126 cm³/mol. The lowest BCUT2D eigenvalue weighted by Gasteiger charge is -2.11. The minimum absolute atomic E-state index is 0.297. The van der Waals surface area contributed by atoms with Gasteiger partial charge in [-0.25, -0.2) is 0 Å². The highest BCUT2D eigenvalue weighted by molar-refractivity contribution is 7.17. The molecule has 3 rings (SSSR count). The molecule has 1 heterocycles. The molecule has 1 aromatic heterocycles. The van der Waals surface area contributed by atoms with Crippen molar-refractivity contribution < 1.29 is 19.1 Å². The van der Waals surface area contributed by atoms with Gasteiger partial charge in [0.25, 0.3) is 11.8 Å². The highest BCUT2D eigenvalue weighted by atomic mass is 32.1. The summed E-state index contributed by atoms with van der Waals surface area (Å²) in [6.07, 6.45) is 8.03. The van der Waals surface area contributed by atoms with Gasteiger partial charge in [-0.15, -0.1) is 11.3 Å². The van der Waals surface area contributed by atoms with Gasteiger partial charge in [0, 0.05) is 17.4 Å². The van der Waals surface area contributed by atoms with Gasteiger partial charge in [0.1, 0.15) is 10.8 Å². The summed E-state index contributed by atoms with van der Waals surface area (Å²) in [5.41, 5.74) is 6.67. The van der Waals surface area contributed by atoms with Gasteiger partial charge in [0.2, 0.25) is 5.91 Å². The van der Waals surface area contributed by atoms with Crippen LogP contribution in [0.25, 0.3) is 0 Å². The molecule has 3 N–H and O–H groups in total. The van der Waals surface area contributed by atoms with Crippen molar-refractivity contribution in [1.29, 1.82) is 0 Å². The van der Waals surface area contributed by atoms with Gasteiger partial charge in [-0.2, -0.15) is 0 Å². The molecule has 32 heavy (non-hydrogen) atoms. The normalized spacial score (nSPS) is 12.9. The van der Waals surface area contributed by atoms with Crippen molar-refractivity contribution in [3.05, 3.63) is 45.8 Å². The van der Waals surface area contributed by atoms with Crippen molar-refractivity contribution in [2.24, 2.45) is 0 Å². The number of aryl methyl sites for hydroxylation is 1. The first-order chi connectivity index (χ1) is 15.5. The van der Waals surface area contributed by atoms with Crippen LogP contribution in [0.5, 0.6) is 5.75 Å². The maximum Gasteiger partial charge on any atom is 0.272 e. The van der Waals surface area contributed by atoms with E-state index in [0.717, 1.165) is 61.8 Å². The van der Waals surface area contributed by atoms with Gasteiger partial charge < -0.3 is 10.1 Å². The number of hydrazine groups is 1. The summed E-state index contributed by atoms with van der Waals surface area (Å²) in [6.45, 7) is 4.08. The zero-order chi connectivity index (χ0) is 22.9. The molecule has 172 valence electrons. The Labute approximate surface area is 192 Å². The number of rotatable bonds is 8. The average Bonchev–Trinajstić information content (AvgIpc) is 2.95. The topological polar surface area (TPSA) is 96.5 Å². The number of nitrogens with one attached hydrogen (secondary N) is 3. The second-order valence-corrected chi connectivity index (χ2v) is 9.05. The van der Waals surface area contributed by atoms with E-state index in [0.29, 0.717) is 28.5 Å². The summed E-state index contributed by atoms with van der Waals surface area (Å²) < 4.78 is 5.76. The van der Waals surface area contributed by atoms with E-state index in [-0.39, 0.29) is 11.8 Å². The number of unbranched alkanes of at least 4 members (excludes halogenated alkanes) is 2. The first-order valence-electron chi connectivity index (χ1n) is 11.2. The lowest BCUT2D eigenvalue weighted by molar-refractivity contribution is -0.119. The molecule has 7 nitrogen and oxygen atoms in total. The van der Waals surface area contributed by atoms with Gasteiger partial charge in [0.05, 0.1) is 12.2 Å². The number of amides is 3. The number of carbonyl (C=O) groups is 3. The highest BCUT2D eigenvalue weighted by Crippen LogP contribution is 2.37. The number of thiophene rings is 1. The first-order valence-corrected chi connectivity index (χ1v) is 12.1. The minimum Gasteiger partial charge on any atom is -0.494 e. The Morgan fingerprint density at radius 3 is 2.62 bits per heavy atom. The minimum atomic E-state index is -0.414. The molecule has 0 fully saturated rings. The second kappa shape index (κ2) is 11.7. The molecule has 0 saturated carbocycles. The molecule has 1 aliphatic rings. The number of anilines is 1. The largest absolute Gasteiger partial charge is 0.494 e. The van der Waals surface area contributed by atoms with Crippen LogP contribution in [0.2, 0.25) is 0 Å². The van der Waals surface area contributed by atoms with Crippen molar-refractivity contribution in [2.45, 2.75) is 65.2 Å². The number of hydrogen-bond acceptors (Lipinski definition) is 5. The maximum absolute atomic E-state index is 13.0. The molecule has 0 aliphatic heterocycles. The van der Waals surface area contributed by atoms with Crippen LogP contribution >= 0.6 is 11.3 Å². The van der Waals surface area contributed by atoms with E-state index >= 15 is 0 Å². The molecule has 0 atom stereocenters. The van der Waals surface area contributed by atoms with Crippen LogP contribution in [0.1, 0.15) is 83.5 Å². The number of fused-ring (bicyclic) bond motifs is 1. The van der Waals surface area contributed by atoms with Crippen molar-refractivity contribution in [3.63, 3.8) is 0 Å². The molecular formula is C24H31N3O4S. The van der Waals surface area contributed by atoms with Crippen LogP contribution in [-0.4, -0.2) is 24.3 Å². The Morgan fingerprint density at radius 1 is 1.03 bits per heavy atom. The number of ether oxygens (including phenoxy) is 1. The number of hydrogen-bond donors (Lipinski definition) is 3. The number of benzene rings is 1. The summed E-state index contributed by atoms with van der Waals surface area (Å²) in [5.74, 6) is -0.419. The van der Waals surface area contributed by atoms with E-state index < -0.39 is 5.91 Å². The summed E-state index contributed by atoms with van der Waals surface area (Å²) in [5, 5.41) is 3.44. The zero-order valence-electron chi connectivity index (χ0n) is 18.7. The van der Waals surface area contributed by atoms with E-state index in [1.54, 1.807) is 18.2 Å². The Morgan fingerprint density at radius 2 is 1.84 bits per heavy atom. The van der Waals surface area contributed by atoms with Gasteiger partial charge in [-0.1, -0.05) is 32.3 Å². The lowest BCUT2D eigenvalue weighted by Crippen LogP contribution is -2.40. The van der Waals surface area contributed by atoms with Gasteiger partial charge >= 0.3 is 0 Å². The second-order valence-electron chi connectivity index (χ2n) is 7.94. The van der Waals surface area contributed by atoms with Crippen LogP contribution in [0.4, 0.5) is 5.00 Å². The number of carbonyl (C=O) groups excluding carboxylic acids is 3. The molecule has 3 amide bonds. The summed E-state index contributed by atoms with van der Waals surface area (Å²) in [6, 6.07) is 7.07. The fourth-order valence-corrected chi connectivity index (χ4v) is 5.00. The molecule has 0 unspecified atom stereocenters. The van der Waals surface area contributed by atoms with E-state index in [2.05, 4.69) is 23.1 Å². The van der Waals surface area contributed by atoms with Crippen LogP contribution in [0.3, 0.4) is 0 Å². The lowest BCUT2D eigenvalue weighted by atomic mass is 10.0. The molecule has 0 bridgehead atoms. The van der Waals surface area contributed by atoms with Crippen molar-refractivity contribution in [2.75, 3.05) is 11.9 Å². The molecule has 0 radical (unpaired) electrons. The summed E-state index contributed by atoms with van der Waals surface area (Å²) in [7, 11) is 0. The standard InChI is InChI=1S/C24H31N3O4S/c1-3-4-8-14-31-18-11-9-10-17(15-18)22(29)25-24-21(23(30)27-26-16(2)28)19-12-6-5-7-13-20(19)32-24/h9-11,15H,3-8,12-14H2,1-2H3,(H,25,29)(H,26,28)(H,27,30). The molecule has 0 spiro atoms. The zero-order valence-corrected chi connectivity index (χ0v) is 19.5. The smallest absolute Gasteiger partial charge is 0.272 e. The van der Waals surface area contributed by atoms with Gasteiger partial charge in [0.15, 0.2) is 0 Å². The predicted octanol–water partition coefficient (Wildman–Crippen LogP) is 4.62. The third kappa shape index (κ3) is 6.32. The Kier molecular flexibility index (Phi) is 8.67. The monoisotopic (exact) mass is 457 g/mol. The molecule has 8 heteroatoms. The van der Waals surface area contributed by atoms with Crippen molar-refractivity contribution >= 4 is 34.1 Å². The highest BCUT2D eigenvalue weighted by Gasteiger charge is 2.26. The van der Waals surface area contributed by atoms with Crippen LogP contribution in [0.15, 0.2) is 24.3 Å². The molecule has 1 aromatic carbocycles. The Hall–Kier alpha value is -2.87. The Bertz CT molecular complexity index is 970. The third-order valence-electron chi connectivity index (χ3n) is 5.34. The molecule has 2 aromatic rings. The molecule has 0 saturated heterocycles. The quantitative estimate of drug-likeness (QED) is 0.306. The Balaban J connectivity index is 1.79. The van der Waals surface area contributed by atoms with Gasteiger partial charge in [-0.05, 0) is 55.9 Å². The first kappa shape index (κ1) is 23.8. The third-order valence-corrected chi connectivity index (χ3v) is 6.55.